The zero-order valence-corrected chi connectivity index (χ0v) is 18.9. The van der Waals surface area contributed by atoms with Crippen molar-refractivity contribution < 1.29 is 18.6 Å². The Bertz CT molecular complexity index is 816. The van der Waals surface area contributed by atoms with E-state index in [1.165, 1.54) is 0 Å². The van der Waals surface area contributed by atoms with Gasteiger partial charge in [0.05, 0.1) is 24.6 Å². The van der Waals surface area contributed by atoms with E-state index in [4.69, 9.17) is 9.26 Å². The van der Waals surface area contributed by atoms with Crippen LogP contribution in [0.3, 0.4) is 0 Å². The minimum atomic E-state index is -2.99. The number of carbonyl (C=O) groups excluding carboxylic acids is 1. The molecule has 6 heteroatoms. The van der Waals surface area contributed by atoms with Gasteiger partial charge in [0.25, 0.3) is 0 Å². The molecule has 2 unspecified atom stereocenters. The fraction of sp³-hybridized carbons (Fsp3) is 0.500. The molecule has 0 bridgehead atoms. The van der Waals surface area contributed by atoms with E-state index in [9.17, 15) is 9.36 Å². The molecular weight excluding hydrogens is 391 g/mol. The normalized spacial score (nSPS) is 14.8. The monoisotopic (exact) mass is 422 g/mol. The lowest BCUT2D eigenvalue weighted by molar-refractivity contribution is -0.147. The molecule has 4 nitrogen and oxygen atoms in total. The Morgan fingerprint density at radius 2 is 1.79 bits per heavy atom. The molecule has 2 atom stereocenters. The summed E-state index contributed by atoms with van der Waals surface area (Å²) in [5.41, 5.74) is 0.350. The molecule has 154 valence electrons. The largest absolute Gasteiger partial charge is 0.466 e. The summed E-state index contributed by atoms with van der Waals surface area (Å²) >= 11 is 1.54. The molecule has 0 amide bonds. The number of thioether (sulfide) groups is 1. The number of esters is 1. The SMILES string of the molecule is CCOC(=O)C(CC(C)C)CP(=O)(CSc1cccc2ccccc12)OCC. The molecule has 28 heavy (non-hydrogen) atoms. The average Bonchev–Trinajstić information content (AvgIpc) is 2.66. The highest BCUT2D eigenvalue weighted by molar-refractivity contribution is 8.05. The maximum absolute atomic E-state index is 13.6. The highest BCUT2D eigenvalue weighted by Gasteiger charge is 2.33. The first-order valence-electron chi connectivity index (χ1n) is 9.88. The molecule has 0 fully saturated rings. The van der Waals surface area contributed by atoms with E-state index in [2.05, 4.69) is 32.0 Å². The predicted molar refractivity (Wildman–Crippen MR) is 118 cm³/mol. The van der Waals surface area contributed by atoms with Crippen LogP contribution < -0.4 is 0 Å². The topological polar surface area (TPSA) is 52.6 Å². The zero-order valence-electron chi connectivity index (χ0n) is 17.2. The van der Waals surface area contributed by atoms with E-state index < -0.39 is 13.3 Å². The molecule has 0 saturated heterocycles. The molecule has 2 aromatic rings. The molecule has 0 aliphatic carbocycles. The van der Waals surface area contributed by atoms with E-state index in [0.29, 0.717) is 31.0 Å². The van der Waals surface area contributed by atoms with Gasteiger partial charge in [0.2, 0.25) is 7.37 Å². The van der Waals surface area contributed by atoms with Crippen molar-refractivity contribution in [3.05, 3.63) is 42.5 Å². The van der Waals surface area contributed by atoms with Gasteiger partial charge in [-0.2, -0.15) is 0 Å². The number of carbonyl (C=O) groups is 1. The van der Waals surface area contributed by atoms with Gasteiger partial charge < -0.3 is 9.26 Å². The van der Waals surface area contributed by atoms with Crippen LogP contribution in [0.25, 0.3) is 10.8 Å². The number of benzene rings is 2. The Balaban J connectivity index is 2.18. The summed E-state index contributed by atoms with van der Waals surface area (Å²) in [5, 5.41) is 2.30. The van der Waals surface area contributed by atoms with Crippen LogP contribution in [0.15, 0.2) is 47.4 Å². The summed E-state index contributed by atoms with van der Waals surface area (Å²) < 4.78 is 24.5. The fourth-order valence-corrected chi connectivity index (χ4v) is 7.40. The number of fused-ring (bicyclic) bond motifs is 1. The fourth-order valence-electron chi connectivity index (χ4n) is 3.28. The highest BCUT2D eigenvalue weighted by Crippen LogP contribution is 2.53. The first-order valence-corrected chi connectivity index (χ1v) is 12.9. The van der Waals surface area contributed by atoms with E-state index in [1.807, 2.05) is 31.2 Å². The molecule has 0 heterocycles. The molecule has 0 radical (unpaired) electrons. The standard InChI is InChI=1S/C22H31O4PS/c1-5-25-22(23)19(14-17(3)4)15-27(24,26-6-2)16-28-21-13-9-11-18-10-7-8-12-20(18)21/h7-13,17,19H,5-6,14-16H2,1-4H3. The van der Waals surface area contributed by atoms with Gasteiger partial charge in [0.15, 0.2) is 0 Å². The number of rotatable bonds is 11. The van der Waals surface area contributed by atoms with E-state index in [-0.39, 0.29) is 12.1 Å². The van der Waals surface area contributed by atoms with Gasteiger partial charge in [-0.25, -0.2) is 0 Å². The van der Waals surface area contributed by atoms with E-state index in [0.717, 1.165) is 15.7 Å². The van der Waals surface area contributed by atoms with E-state index >= 15 is 0 Å². The van der Waals surface area contributed by atoms with Crippen molar-refractivity contribution in [3.8, 4) is 0 Å². The van der Waals surface area contributed by atoms with Crippen LogP contribution in [0, 0.1) is 11.8 Å². The van der Waals surface area contributed by atoms with Crippen LogP contribution in [-0.4, -0.2) is 30.8 Å². The molecule has 2 aromatic carbocycles. The molecular formula is C22H31O4PS. The average molecular weight is 423 g/mol. The number of hydrogen-bond acceptors (Lipinski definition) is 5. The molecule has 0 aromatic heterocycles. The van der Waals surface area contributed by atoms with Crippen molar-refractivity contribution in [3.63, 3.8) is 0 Å². The Hall–Kier alpha value is -1.29. The smallest absolute Gasteiger partial charge is 0.309 e. The highest BCUT2D eigenvalue weighted by atomic mass is 32.2. The van der Waals surface area contributed by atoms with Crippen LogP contribution in [0.4, 0.5) is 0 Å². The second-order valence-electron chi connectivity index (χ2n) is 7.24. The maximum atomic E-state index is 13.6. The summed E-state index contributed by atoms with van der Waals surface area (Å²) in [5.74, 6) is -0.355. The van der Waals surface area contributed by atoms with Crippen molar-refractivity contribution in [2.75, 3.05) is 24.9 Å². The van der Waals surface area contributed by atoms with Gasteiger partial charge in [0.1, 0.15) is 0 Å². The van der Waals surface area contributed by atoms with Crippen molar-refractivity contribution in [1.82, 2.24) is 0 Å². The maximum Gasteiger partial charge on any atom is 0.309 e. The second kappa shape index (κ2) is 11.0. The van der Waals surface area contributed by atoms with Gasteiger partial charge in [-0.05, 0) is 43.0 Å². The lowest BCUT2D eigenvalue weighted by atomic mass is 9.99. The van der Waals surface area contributed by atoms with Gasteiger partial charge in [-0.1, -0.05) is 50.2 Å². The summed E-state index contributed by atoms with van der Waals surface area (Å²) in [7, 11) is -2.99. The van der Waals surface area contributed by atoms with Crippen molar-refractivity contribution >= 4 is 35.9 Å². The van der Waals surface area contributed by atoms with Crippen LogP contribution in [0.1, 0.15) is 34.1 Å². The third-order valence-electron chi connectivity index (χ3n) is 4.41. The third kappa shape index (κ3) is 6.65. The summed E-state index contributed by atoms with van der Waals surface area (Å²) in [6, 6.07) is 14.3. The molecule has 0 saturated carbocycles. The Kier molecular flexibility index (Phi) is 9.07. The van der Waals surface area contributed by atoms with Crippen LogP contribution in [0.5, 0.6) is 0 Å². The summed E-state index contributed by atoms with van der Waals surface area (Å²) in [6.45, 7) is 8.45. The van der Waals surface area contributed by atoms with Crippen molar-refractivity contribution in [2.24, 2.45) is 11.8 Å². The second-order valence-corrected chi connectivity index (χ2v) is 11.3. The molecule has 0 N–H and O–H groups in total. The minimum Gasteiger partial charge on any atom is -0.466 e. The van der Waals surface area contributed by atoms with Gasteiger partial charge in [0, 0.05) is 11.1 Å². The van der Waals surface area contributed by atoms with Crippen LogP contribution >= 0.6 is 19.1 Å². The van der Waals surface area contributed by atoms with Crippen LogP contribution in [0.2, 0.25) is 0 Å². The van der Waals surface area contributed by atoms with Crippen molar-refractivity contribution in [1.29, 1.82) is 0 Å². The lowest BCUT2D eigenvalue weighted by Gasteiger charge is -2.24. The van der Waals surface area contributed by atoms with E-state index in [1.54, 1.807) is 18.7 Å². The van der Waals surface area contributed by atoms with Gasteiger partial charge in [-0.15, -0.1) is 11.8 Å². The number of hydrogen-bond donors (Lipinski definition) is 0. The Labute approximate surface area is 172 Å². The van der Waals surface area contributed by atoms with Crippen LogP contribution in [-0.2, 0) is 18.6 Å². The number of ether oxygens (including phenoxy) is 1. The Morgan fingerprint density at radius 1 is 1.07 bits per heavy atom. The van der Waals surface area contributed by atoms with Gasteiger partial charge >= 0.3 is 5.97 Å². The molecule has 0 spiro atoms. The lowest BCUT2D eigenvalue weighted by Crippen LogP contribution is -2.24. The van der Waals surface area contributed by atoms with Gasteiger partial charge in [-0.3, -0.25) is 9.36 Å². The first kappa shape index (κ1) is 23.0. The molecule has 0 aliphatic heterocycles. The zero-order chi connectivity index (χ0) is 20.6. The molecule has 0 aliphatic rings. The molecule has 2 rings (SSSR count). The minimum absolute atomic E-state index is 0.232. The summed E-state index contributed by atoms with van der Waals surface area (Å²) in [6.07, 6.45) is 0.879. The van der Waals surface area contributed by atoms with Crippen molar-refractivity contribution in [2.45, 2.75) is 39.0 Å². The quantitative estimate of drug-likeness (QED) is 0.237. The first-order chi connectivity index (χ1) is 13.4. The third-order valence-corrected chi connectivity index (χ3v) is 8.89. The Morgan fingerprint density at radius 3 is 2.46 bits per heavy atom. The predicted octanol–water partition coefficient (Wildman–Crippen LogP) is 6.43. The summed E-state index contributed by atoms with van der Waals surface area (Å²) in [4.78, 5) is 13.5.